The third-order valence-corrected chi connectivity index (χ3v) is 10.1. The van der Waals surface area contributed by atoms with Gasteiger partial charge in [-0.15, -0.1) is 0 Å². The topological polar surface area (TPSA) is 0 Å². The molecule has 0 amide bonds. The zero-order chi connectivity index (χ0) is 15.3. The molecule has 0 aliphatic heterocycles. The minimum Gasteiger partial charge on any atom is -0.0652 e. The molecule has 0 heterocycles. The molecular formula is C19H21ISi. The Morgan fingerprint density at radius 1 is 0.762 bits per heavy atom. The molecule has 0 spiro atoms. The van der Waals surface area contributed by atoms with E-state index in [2.05, 4.69) is 115 Å². The van der Waals surface area contributed by atoms with Crippen molar-refractivity contribution in [3.8, 4) is 0 Å². The smallest absolute Gasteiger partial charge is 0.0652 e. The predicted molar refractivity (Wildman–Crippen MR) is 105 cm³/mol. The average molecular weight is 404 g/mol. The minimum atomic E-state index is -1.23. The monoisotopic (exact) mass is 404 g/mol. The zero-order valence-electron chi connectivity index (χ0n) is 12.8. The van der Waals surface area contributed by atoms with Crippen molar-refractivity contribution in [2.75, 3.05) is 0 Å². The fraction of sp³-hybridized carbons (Fsp3) is 0.158. The Morgan fingerprint density at radius 3 is 1.57 bits per heavy atom. The third kappa shape index (κ3) is 4.68. The zero-order valence-corrected chi connectivity index (χ0v) is 16.0. The summed E-state index contributed by atoms with van der Waals surface area (Å²) in [6.45, 7) is 7.14. The molecule has 0 fully saturated rings. The Hall–Kier alpha value is -1.13. The highest BCUT2D eigenvalue weighted by atomic mass is 127. The van der Waals surface area contributed by atoms with E-state index in [0.717, 1.165) is 0 Å². The van der Waals surface area contributed by atoms with Crippen LogP contribution in [0, 0.1) is 0 Å². The molecule has 0 aliphatic rings. The van der Waals surface area contributed by atoms with E-state index in [0.29, 0.717) is 0 Å². The third-order valence-electron chi connectivity index (χ3n) is 3.28. The molecule has 0 bridgehead atoms. The second-order valence-electron chi connectivity index (χ2n) is 6.08. The molecule has 2 heteroatoms. The van der Waals surface area contributed by atoms with Crippen molar-refractivity contribution < 1.29 is 0 Å². The van der Waals surface area contributed by atoms with Crippen LogP contribution in [0.1, 0.15) is 11.1 Å². The van der Waals surface area contributed by atoms with Crippen LogP contribution in [-0.4, -0.2) is 8.07 Å². The number of allylic oxidation sites excluding steroid dienone is 2. The van der Waals surface area contributed by atoms with Crippen LogP contribution >= 0.6 is 22.6 Å². The van der Waals surface area contributed by atoms with Crippen molar-refractivity contribution in [3.63, 3.8) is 0 Å². The maximum absolute atomic E-state index is 2.50. The van der Waals surface area contributed by atoms with E-state index in [1.54, 1.807) is 0 Å². The molecule has 2 rings (SSSR count). The fourth-order valence-corrected chi connectivity index (χ4v) is 2.76. The van der Waals surface area contributed by atoms with Gasteiger partial charge in [-0.3, -0.25) is 0 Å². The Labute approximate surface area is 142 Å². The van der Waals surface area contributed by atoms with Crippen molar-refractivity contribution in [3.05, 3.63) is 87.1 Å². The molecule has 0 aromatic heterocycles. The SMILES string of the molecule is C[Si](C)(C)/C(I)=C/C=C(c1ccccc1)c1ccccc1. The number of hydrogen-bond acceptors (Lipinski definition) is 0. The molecule has 0 unspecified atom stereocenters. The van der Waals surface area contributed by atoms with Crippen LogP contribution in [0.4, 0.5) is 0 Å². The lowest BCUT2D eigenvalue weighted by atomic mass is 9.98. The van der Waals surface area contributed by atoms with Gasteiger partial charge in [-0.1, -0.05) is 115 Å². The molecule has 0 aliphatic carbocycles. The van der Waals surface area contributed by atoms with Gasteiger partial charge in [0.25, 0.3) is 0 Å². The van der Waals surface area contributed by atoms with Gasteiger partial charge < -0.3 is 0 Å². The van der Waals surface area contributed by atoms with E-state index in [9.17, 15) is 0 Å². The summed E-state index contributed by atoms with van der Waals surface area (Å²) < 4.78 is 1.49. The van der Waals surface area contributed by atoms with Crippen molar-refractivity contribution in [1.82, 2.24) is 0 Å². The first-order valence-corrected chi connectivity index (χ1v) is 11.7. The molecule has 0 radical (unpaired) electrons. The van der Waals surface area contributed by atoms with Crippen molar-refractivity contribution >= 4 is 36.2 Å². The standard InChI is InChI=1S/C19H21ISi/c1-21(2,3)19(20)15-14-18(16-10-6-4-7-11-16)17-12-8-5-9-13-17/h4-15H,1-3H3/b19-15+. The summed E-state index contributed by atoms with van der Waals surface area (Å²) in [5.41, 5.74) is 3.81. The Balaban J connectivity index is 2.48. The Morgan fingerprint density at radius 2 is 1.19 bits per heavy atom. The minimum absolute atomic E-state index is 1.23. The molecule has 2 aromatic carbocycles. The second kappa shape index (κ2) is 7.23. The molecule has 108 valence electrons. The van der Waals surface area contributed by atoms with E-state index < -0.39 is 8.07 Å². The summed E-state index contributed by atoms with van der Waals surface area (Å²) in [5.74, 6) is 0. The molecule has 0 saturated carbocycles. The van der Waals surface area contributed by atoms with Gasteiger partial charge >= 0.3 is 0 Å². The Kier molecular flexibility index (Phi) is 5.59. The van der Waals surface area contributed by atoms with Gasteiger partial charge in [-0.2, -0.15) is 0 Å². The highest BCUT2D eigenvalue weighted by Gasteiger charge is 2.16. The maximum atomic E-state index is 2.50. The summed E-state index contributed by atoms with van der Waals surface area (Å²) in [6.07, 6.45) is 4.56. The molecule has 0 saturated heterocycles. The van der Waals surface area contributed by atoms with E-state index >= 15 is 0 Å². The predicted octanol–water partition coefficient (Wildman–Crippen LogP) is 6.31. The fourth-order valence-electron chi connectivity index (χ4n) is 2.00. The number of rotatable bonds is 4. The molecule has 0 nitrogen and oxygen atoms in total. The van der Waals surface area contributed by atoms with Gasteiger partial charge in [0, 0.05) is 0 Å². The van der Waals surface area contributed by atoms with Crippen LogP contribution in [0.25, 0.3) is 5.57 Å². The van der Waals surface area contributed by atoms with Gasteiger partial charge in [0.15, 0.2) is 0 Å². The van der Waals surface area contributed by atoms with Gasteiger partial charge in [-0.25, -0.2) is 0 Å². The van der Waals surface area contributed by atoms with Gasteiger partial charge in [0.1, 0.15) is 0 Å². The van der Waals surface area contributed by atoms with Crippen LogP contribution in [0.3, 0.4) is 0 Å². The van der Waals surface area contributed by atoms with Gasteiger partial charge in [0.05, 0.1) is 8.07 Å². The molecule has 0 N–H and O–H groups in total. The first kappa shape index (κ1) is 16.2. The first-order valence-electron chi connectivity index (χ1n) is 7.17. The quantitative estimate of drug-likeness (QED) is 0.318. The highest BCUT2D eigenvalue weighted by Crippen LogP contribution is 2.26. The van der Waals surface area contributed by atoms with E-state index in [1.165, 1.54) is 19.9 Å². The molecule has 21 heavy (non-hydrogen) atoms. The van der Waals surface area contributed by atoms with Crippen LogP contribution in [-0.2, 0) is 0 Å². The average Bonchev–Trinajstić information content (AvgIpc) is 2.48. The van der Waals surface area contributed by atoms with E-state index in [4.69, 9.17) is 0 Å². The van der Waals surface area contributed by atoms with Crippen molar-refractivity contribution in [1.29, 1.82) is 0 Å². The summed E-state index contributed by atoms with van der Waals surface area (Å²) >= 11 is 2.50. The van der Waals surface area contributed by atoms with E-state index in [-0.39, 0.29) is 0 Å². The highest BCUT2D eigenvalue weighted by molar-refractivity contribution is 14.1. The normalized spacial score (nSPS) is 12.1. The lowest BCUT2D eigenvalue weighted by Gasteiger charge is -2.15. The maximum Gasteiger partial charge on any atom is 0.0854 e. The second-order valence-corrected chi connectivity index (χ2v) is 13.3. The lowest BCUT2D eigenvalue weighted by Crippen LogP contribution is -2.19. The van der Waals surface area contributed by atoms with E-state index in [1.807, 2.05) is 0 Å². The van der Waals surface area contributed by atoms with Gasteiger partial charge in [0.2, 0.25) is 0 Å². The van der Waals surface area contributed by atoms with Crippen LogP contribution in [0.2, 0.25) is 19.6 Å². The molecule has 0 atom stereocenters. The van der Waals surface area contributed by atoms with Gasteiger partial charge in [-0.05, 0) is 19.9 Å². The van der Waals surface area contributed by atoms with Crippen LogP contribution in [0.15, 0.2) is 76.0 Å². The lowest BCUT2D eigenvalue weighted by molar-refractivity contribution is 1.54. The molecule has 2 aromatic rings. The van der Waals surface area contributed by atoms with Crippen molar-refractivity contribution in [2.24, 2.45) is 0 Å². The number of halogens is 1. The van der Waals surface area contributed by atoms with Crippen LogP contribution < -0.4 is 0 Å². The number of hydrogen-bond donors (Lipinski definition) is 0. The summed E-state index contributed by atoms with van der Waals surface area (Å²) in [5, 5.41) is 0. The summed E-state index contributed by atoms with van der Waals surface area (Å²) in [6, 6.07) is 21.2. The molecular weight excluding hydrogens is 383 g/mol. The summed E-state index contributed by atoms with van der Waals surface area (Å²) in [7, 11) is -1.23. The number of benzene rings is 2. The summed E-state index contributed by atoms with van der Waals surface area (Å²) in [4.78, 5) is 0. The van der Waals surface area contributed by atoms with Crippen LogP contribution in [0.5, 0.6) is 0 Å². The largest absolute Gasteiger partial charge is 0.0854 e. The Bertz CT molecular complexity index is 593. The first-order chi connectivity index (χ1) is 9.98. The van der Waals surface area contributed by atoms with Crippen molar-refractivity contribution in [2.45, 2.75) is 19.6 Å².